The van der Waals surface area contributed by atoms with Gasteiger partial charge in [0, 0.05) is 25.7 Å². The first-order valence-corrected chi connectivity index (χ1v) is 18.0. The standard InChI is InChI=1S/C40H50B2O8/c1-5-15-47-37-27-11-9-12-28(37)20-32-24-36(42(45)46)26-34(40(32)50-18-8-4)22-30-14-10-13-29(38(30)48-16-6-2)21-33-25-35(41(43)44)23-31(19-27)39(33)49-17-7-3/h9-14,23-26,43-46H,5-8,15-22H2,1-4H3. The number of benzene rings is 4. The molecule has 0 spiro atoms. The maximum Gasteiger partial charge on any atom is 0.488 e. The molecule has 0 aromatic heterocycles. The van der Waals surface area contributed by atoms with Crippen LogP contribution in [0.2, 0.25) is 0 Å². The Morgan fingerprint density at radius 2 is 0.660 bits per heavy atom. The van der Waals surface area contributed by atoms with Crippen molar-refractivity contribution in [3.05, 3.63) is 105 Å². The third-order valence-electron chi connectivity index (χ3n) is 8.81. The molecule has 0 heterocycles. The summed E-state index contributed by atoms with van der Waals surface area (Å²) in [7, 11) is -3.32. The highest BCUT2D eigenvalue weighted by molar-refractivity contribution is 6.59. The van der Waals surface area contributed by atoms with Gasteiger partial charge >= 0.3 is 14.2 Å². The van der Waals surface area contributed by atoms with Gasteiger partial charge in [-0.3, -0.25) is 0 Å². The number of fused-ring (bicyclic) bond motifs is 8. The van der Waals surface area contributed by atoms with Gasteiger partial charge in [0.15, 0.2) is 0 Å². The van der Waals surface area contributed by atoms with Gasteiger partial charge in [-0.1, -0.05) is 88.4 Å². The lowest BCUT2D eigenvalue weighted by Gasteiger charge is -2.24. The number of para-hydroxylation sites is 2. The Morgan fingerprint density at radius 1 is 0.420 bits per heavy atom. The highest BCUT2D eigenvalue weighted by atomic mass is 16.5. The summed E-state index contributed by atoms with van der Waals surface area (Å²) in [5.41, 5.74) is 7.84. The second-order valence-corrected chi connectivity index (χ2v) is 13.0. The monoisotopic (exact) mass is 680 g/mol. The van der Waals surface area contributed by atoms with Crippen LogP contribution in [0.3, 0.4) is 0 Å². The van der Waals surface area contributed by atoms with E-state index in [1.807, 2.05) is 60.7 Å². The summed E-state index contributed by atoms with van der Waals surface area (Å²) >= 11 is 0. The molecular weight excluding hydrogens is 630 g/mol. The molecule has 10 heteroatoms. The first-order chi connectivity index (χ1) is 24.3. The van der Waals surface area contributed by atoms with Crippen molar-refractivity contribution in [1.29, 1.82) is 0 Å². The van der Waals surface area contributed by atoms with E-state index in [4.69, 9.17) is 18.9 Å². The minimum atomic E-state index is -1.66. The second-order valence-electron chi connectivity index (χ2n) is 13.0. The molecule has 1 aliphatic carbocycles. The zero-order valence-corrected chi connectivity index (χ0v) is 29.8. The van der Waals surface area contributed by atoms with E-state index < -0.39 is 14.2 Å². The molecule has 264 valence electrons. The van der Waals surface area contributed by atoms with E-state index in [-0.39, 0.29) is 0 Å². The van der Waals surface area contributed by atoms with E-state index in [2.05, 4.69) is 27.7 Å². The van der Waals surface area contributed by atoms with Crippen molar-refractivity contribution in [2.24, 2.45) is 0 Å². The first-order valence-electron chi connectivity index (χ1n) is 18.0. The Hall–Kier alpha value is -3.95. The number of ether oxygens (including phenoxy) is 4. The van der Waals surface area contributed by atoms with Crippen LogP contribution in [-0.2, 0) is 25.7 Å². The topological polar surface area (TPSA) is 118 Å². The van der Waals surface area contributed by atoms with Crippen LogP contribution in [0, 0.1) is 0 Å². The fraction of sp³-hybridized carbons (Fsp3) is 0.400. The summed E-state index contributed by atoms with van der Waals surface area (Å²) in [6, 6.07) is 19.4. The molecule has 0 amide bonds. The van der Waals surface area contributed by atoms with E-state index in [1.54, 1.807) is 0 Å². The molecule has 50 heavy (non-hydrogen) atoms. The summed E-state index contributed by atoms with van der Waals surface area (Å²) in [6.07, 6.45) is 4.98. The molecule has 0 aliphatic heterocycles. The third kappa shape index (κ3) is 8.85. The molecule has 5 rings (SSSR count). The summed E-state index contributed by atoms with van der Waals surface area (Å²) in [4.78, 5) is 0. The van der Waals surface area contributed by atoms with Gasteiger partial charge in [0.1, 0.15) is 23.0 Å². The molecule has 0 unspecified atom stereocenters. The van der Waals surface area contributed by atoms with Gasteiger partial charge < -0.3 is 39.0 Å². The molecule has 8 bridgehead atoms. The Bertz CT molecular complexity index is 1520. The summed E-state index contributed by atoms with van der Waals surface area (Å²) in [5, 5.41) is 41.8. The first kappa shape index (κ1) is 37.3. The molecule has 0 radical (unpaired) electrons. The summed E-state index contributed by atoms with van der Waals surface area (Å²) < 4.78 is 26.0. The predicted molar refractivity (Wildman–Crippen MR) is 200 cm³/mol. The van der Waals surface area contributed by atoms with Crippen LogP contribution in [0.15, 0.2) is 60.7 Å². The largest absolute Gasteiger partial charge is 0.493 e. The van der Waals surface area contributed by atoms with Crippen LogP contribution in [0.1, 0.15) is 97.9 Å². The van der Waals surface area contributed by atoms with Crippen LogP contribution in [0.25, 0.3) is 0 Å². The van der Waals surface area contributed by atoms with Crippen LogP contribution in [-0.4, -0.2) is 60.8 Å². The predicted octanol–water partition coefficient (Wildman–Crippen LogP) is 4.88. The highest BCUT2D eigenvalue weighted by Gasteiger charge is 2.25. The van der Waals surface area contributed by atoms with E-state index in [1.165, 1.54) is 0 Å². The molecule has 4 N–H and O–H groups in total. The van der Waals surface area contributed by atoms with Gasteiger partial charge in [-0.25, -0.2) is 0 Å². The average molecular weight is 680 g/mol. The third-order valence-corrected chi connectivity index (χ3v) is 8.81. The minimum Gasteiger partial charge on any atom is -0.493 e. The van der Waals surface area contributed by atoms with Crippen LogP contribution < -0.4 is 29.9 Å². The second kappa shape index (κ2) is 17.8. The van der Waals surface area contributed by atoms with Gasteiger partial charge in [0.05, 0.1) is 26.4 Å². The molecular formula is C40H50B2O8. The van der Waals surface area contributed by atoms with Crippen molar-refractivity contribution in [2.45, 2.75) is 79.1 Å². The van der Waals surface area contributed by atoms with Gasteiger partial charge in [0.25, 0.3) is 0 Å². The van der Waals surface area contributed by atoms with Crippen molar-refractivity contribution in [2.75, 3.05) is 26.4 Å². The smallest absolute Gasteiger partial charge is 0.488 e. The van der Waals surface area contributed by atoms with E-state index in [9.17, 15) is 20.1 Å². The fourth-order valence-corrected chi connectivity index (χ4v) is 6.60. The minimum absolute atomic E-state index is 0.391. The van der Waals surface area contributed by atoms with Gasteiger partial charge in [-0.2, -0.15) is 0 Å². The molecule has 4 aromatic rings. The molecule has 0 saturated heterocycles. The summed E-state index contributed by atoms with van der Waals surface area (Å²) in [6.45, 7) is 10.3. The van der Waals surface area contributed by atoms with Crippen molar-refractivity contribution < 1.29 is 39.0 Å². The maximum atomic E-state index is 10.5. The van der Waals surface area contributed by atoms with Crippen LogP contribution in [0.4, 0.5) is 0 Å². The lowest BCUT2D eigenvalue weighted by atomic mass is 9.76. The maximum absolute atomic E-state index is 10.5. The number of rotatable bonds is 14. The molecule has 8 nitrogen and oxygen atoms in total. The van der Waals surface area contributed by atoms with Crippen molar-refractivity contribution in [1.82, 2.24) is 0 Å². The lowest BCUT2D eigenvalue weighted by Crippen LogP contribution is -2.31. The zero-order valence-electron chi connectivity index (χ0n) is 29.8. The normalized spacial score (nSPS) is 12.3. The number of hydrogen-bond donors (Lipinski definition) is 4. The van der Waals surface area contributed by atoms with Crippen LogP contribution >= 0.6 is 0 Å². The Kier molecular flexibility index (Phi) is 13.3. The van der Waals surface area contributed by atoms with Crippen molar-refractivity contribution in [3.8, 4) is 23.0 Å². The van der Waals surface area contributed by atoms with E-state index >= 15 is 0 Å². The Labute approximate surface area is 297 Å². The molecule has 0 saturated carbocycles. The molecule has 0 atom stereocenters. The highest BCUT2D eigenvalue weighted by Crippen LogP contribution is 2.38. The SMILES string of the molecule is CCCOc1c2cccc1Cc1cc(B(O)O)cc(c1OCCC)Cc1cccc(c1OCCC)Cc1cc(B(O)O)cc(c1OCCC)C2. The Morgan fingerprint density at radius 3 is 0.880 bits per heavy atom. The molecule has 4 aromatic carbocycles. The number of hydrogen-bond acceptors (Lipinski definition) is 8. The quantitative estimate of drug-likeness (QED) is 0.123. The van der Waals surface area contributed by atoms with Gasteiger partial charge in [0.2, 0.25) is 0 Å². The van der Waals surface area contributed by atoms with Gasteiger partial charge in [-0.05, 0) is 81.1 Å². The lowest BCUT2D eigenvalue weighted by molar-refractivity contribution is 0.304. The van der Waals surface area contributed by atoms with Crippen LogP contribution in [0.5, 0.6) is 23.0 Å². The summed E-state index contributed by atoms with van der Waals surface area (Å²) in [5.74, 6) is 2.95. The average Bonchev–Trinajstić information content (AvgIpc) is 3.09. The van der Waals surface area contributed by atoms with Gasteiger partial charge in [-0.15, -0.1) is 0 Å². The zero-order chi connectivity index (χ0) is 35.6. The van der Waals surface area contributed by atoms with E-state index in [0.29, 0.717) is 63.0 Å². The molecule has 0 fully saturated rings. The molecule has 1 aliphatic rings. The Balaban J connectivity index is 1.84. The van der Waals surface area contributed by atoms with Crippen molar-refractivity contribution in [3.63, 3.8) is 0 Å². The van der Waals surface area contributed by atoms with E-state index in [0.717, 1.165) is 93.2 Å². The van der Waals surface area contributed by atoms with Crippen molar-refractivity contribution >= 4 is 25.2 Å². The fourth-order valence-electron chi connectivity index (χ4n) is 6.60.